The van der Waals surface area contributed by atoms with Crippen molar-refractivity contribution in [1.82, 2.24) is 44.7 Å². The molecule has 2 fully saturated rings. The van der Waals surface area contributed by atoms with Crippen molar-refractivity contribution in [2.75, 3.05) is 61.3 Å². The maximum absolute atomic E-state index is 13.4. The van der Waals surface area contributed by atoms with E-state index < -0.39 is 35.3 Å². The monoisotopic (exact) mass is 870 g/mol. The fourth-order valence-corrected chi connectivity index (χ4v) is 8.22. The van der Waals surface area contributed by atoms with Crippen LogP contribution in [0, 0.1) is 0 Å². The van der Waals surface area contributed by atoms with Gasteiger partial charge in [-0.1, -0.05) is 18.2 Å². The Labute approximate surface area is 368 Å². The molecule has 0 spiro atoms. The third-order valence-electron chi connectivity index (χ3n) is 11.5. The molecule has 0 aliphatic carbocycles. The van der Waals surface area contributed by atoms with Crippen molar-refractivity contribution in [3.05, 3.63) is 107 Å². The minimum absolute atomic E-state index is 0.0441. The Balaban J connectivity index is 0.782. The van der Waals surface area contributed by atoms with Crippen molar-refractivity contribution in [3.8, 4) is 5.82 Å². The van der Waals surface area contributed by atoms with Crippen molar-refractivity contribution in [3.63, 3.8) is 0 Å². The number of carbonyl (C=O) groups is 5. The number of piperidine rings is 1. The molecule has 0 bridgehead atoms. The fraction of sp³-hybridized carbons (Fsp3) is 0.356. The Kier molecular flexibility index (Phi) is 12.4. The number of nitrogens with one attached hydrogen (secondary N) is 4. The van der Waals surface area contributed by atoms with Crippen LogP contribution in [-0.4, -0.2) is 121 Å². The average Bonchev–Trinajstić information content (AvgIpc) is 3.70. The first-order valence-corrected chi connectivity index (χ1v) is 21.3. The lowest BCUT2D eigenvalue weighted by molar-refractivity contribution is -0.136. The van der Waals surface area contributed by atoms with Gasteiger partial charge >= 0.3 is 0 Å². The topological polar surface area (TPSA) is 229 Å². The number of aromatic nitrogens is 5. The number of fused-ring (bicyclic) bond motifs is 2. The van der Waals surface area contributed by atoms with Crippen molar-refractivity contribution in [2.24, 2.45) is 0 Å². The molecule has 2 aromatic carbocycles. The SMILES string of the molecule is C=CCn1c(=O)c2cnc(Nc3ccc(N4CCN(CCCC(=O)NCCNc5cccc6c5C(=O)N(C5CCC(=O)NC5=O)C6=O)CC4)cc3)nc2n1-c1cccc(C(C)(C)O)n1. The molecule has 2 saturated heterocycles. The third-order valence-corrected chi connectivity index (χ3v) is 11.5. The summed E-state index contributed by atoms with van der Waals surface area (Å²) < 4.78 is 3.11. The number of imide groups is 2. The molecule has 64 heavy (non-hydrogen) atoms. The van der Waals surface area contributed by atoms with E-state index in [-0.39, 0.29) is 42.0 Å². The summed E-state index contributed by atoms with van der Waals surface area (Å²) in [5, 5.41) is 22.4. The molecule has 5 aromatic rings. The summed E-state index contributed by atoms with van der Waals surface area (Å²) in [5.74, 6) is -1.61. The van der Waals surface area contributed by atoms with E-state index in [0.717, 1.165) is 49.0 Å². The normalized spacial score (nSPS) is 16.8. The van der Waals surface area contributed by atoms with Crippen LogP contribution < -0.4 is 31.7 Å². The lowest BCUT2D eigenvalue weighted by atomic mass is 10.0. The Hall–Kier alpha value is -7.25. The molecule has 5 N–H and O–H groups in total. The average molecular weight is 871 g/mol. The van der Waals surface area contributed by atoms with Gasteiger partial charge in [-0.25, -0.2) is 19.3 Å². The van der Waals surface area contributed by atoms with Crippen molar-refractivity contribution in [1.29, 1.82) is 0 Å². The molecular formula is C45H50N12O7. The summed E-state index contributed by atoms with van der Waals surface area (Å²) in [7, 11) is 0. The second-order valence-electron chi connectivity index (χ2n) is 16.4. The summed E-state index contributed by atoms with van der Waals surface area (Å²) in [5.41, 5.74) is 1.98. The number of nitrogens with zero attached hydrogens (tertiary/aromatic N) is 8. The summed E-state index contributed by atoms with van der Waals surface area (Å²) in [4.78, 5) is 95.9. The number of anilines is 4. The first kappa shape index (κ1) is 43.4. The Morgan fingerprint density at radius 1 is 0.953 bits per heavy atom. The van der Waals surface area contributed by atoms with Crippen LogP contribution in [0.25, 0.3) is 16.9 Å². The number of carbonyl (C=O) groups excluding carboxylic acids is 5. The van der Waals surface area contributed by atoms with Gasteiger partial charge in [-0.2, -0.15) is 4.98 Å². The van der Waals surface area contributed by atoms with Gasteiger partial charge < -0.3 is 26.0 Å². The maximum Gasteiger partial charge on any atom is 0.278 e. The van der Waals surface area contributed by atoms with E-state index >= 15 is 0 Å². The lowest BCUT2D eigenvalue weighted by Gasteiger charge is -2.36. The summed E-state index contributed by atoms with van der Waals surface area (Å²) in [6.07, 6.45) is 4.31. The largest absolute Gasteiger partial charge is 0.384 e. The molecule has 6 heterocycles. The van der Waals surface area contributed by atoms with Gasteiger partial charge in [-0.3, -0.25) is 43.9 Å². The van der Waals surface area contributed by atoms with E-state index in [1.165, 1.54) is 16.9 Å². The van der Waals surface area contributed by atoms with Crippen molar-refractivity contribution >= 4 is 63.6 Å². The smallest absolute Gasteiger partial charge is 0.278 e. The Morgan fingerprint density at radius 3 is 2.45 bits per heavy atom. The molecule has 19 nitrogen and oxygen atoms in total. The van der Waals surface area contributed by atoms with Gasteiger partial charge in [0.1, 0.15) is 17.0 Å². The van der Waals surface area contributed by atoms with Crippen LogP contribution in [0.3, 0.4) is 0 Å². The molecule has 3 aliphatic rings. The molecule has 19 heteroatoms. The van der Waals surface area contributed by atoms with Crippen LogP contribution >= 0.6 is 0 Å². The number of piperazine rings is 1. The fourth-order valence-electron chi connectivity index (χ4n) is 8.22. The summed E-state index contributed by atoms with van der Waals surface area (Å²) in [6.45, 7) is 12.1. The van der Waals surface area contributed by atoms with Gasteiger partial charge in [0, 0.05) is 75.4 Å². The molecule has 1 unspecified atom stereocenters. The predicted octanol–water partition coefficient (Wildman–Crippen LogP) is 2.67. The van der Waals surface area contributed by atoms with Gasteiger partial charge in [0.15, 0.2) is 11.5 Å². The summed E-state index contributed by atoms with van der Waals surface area (Å²) >= 11 is 0. The Morgan fingerprint density at radius 2 is 1.72 bits per heavy atom. The number of rotatable bonds is 16. The minimum atomic E-state index is -1.19. The highest BCUT2D eigenvalue weighted by Gasteiger charge is 2.45. The van der Waals surface area contributed by atoms with Crippen molar-refractivity contribution in [2.45, 2.75) is 57.7 Å². The number of hydrogen-bond acceptors (Lipinski definition) is 14. The highest BCUT2D eigenvalue weighted by molar-refractivity contribution is 6.25. The maximum atomic E-state index is 13.4. The van der Waals surface area contributed by atoms with Crippen LogP contribution in [0.4, 0.5) is 23.0 Å². The van der Waals surface area contributed by atoms with Gasteiger partial charge in [0.2, 0.25) is 23.7 Å². The van der Waals surface area contributed by atoms with Gasteiger partial charge in [0.25, 0.3) is 17.4 Å². The zero-order valence-corrected chi connectivity index (χ0v) is 35.7. The quantitative estimate of drug-likeness (QED) is 0.0546. The minimum Gasteiger partial charge on any atom is -0.384 e. The molecule has 0 saturated carbocycles. The van der Waals surface area contributed by atoms with Crippen LogP contribution in [0.5, 0.6) is 0 Å². The van der Waals surface area contributed by atoms with Gasteiger partial charge in [-0.05, 0) is 81.8 Å². The zero-order chi connectivity index (χ0) is 45.1. The molecule has 332 valence electrons. The van der Waals surface area contributed by atoms with Crippen LogP contribution in [0.2, 0.25) is 0 Å². The number of pyridine rings is 1. The lowest BCUT2D eigenvalue weighted by Crippen LogP contribution is -2.54. The highest BCUT2D eigenvalue weighted by atomic mass is 16.3. The second kappa shape index (κ2) is 18.2. The first-order valence-electron chi connectivity index (χ1n) is 21.3. The van der Waals surface area contributed by atoms with E-state index in [1.54, 1.807) is 54.9 Å². The zero-order valence-electron chi connectivity index (χ0n) is 35.7. The molecule has 5 amide bonds. The second-order valence-corrected chi connectivity index (χ2v) is 16.4. The number of benzene rings is 2. The number of hydrogen-bond donors (Lipinski definition) is 5. The molecular weight excluding hydrogens is 821 g/mol. The summed E-state index contributed by atoms with van der Waals surface area (Å²) in [6, 6.07) is 17.1. The van der Waals surface area contributed by atoms with Gasteiger partial charge in [0.05, 0.1) is 23.4 Å². The standard InChI is InChI=1S/C45H50N12O7/c1-4-21-55-41(61)31-27-48-44(52-39(31)57(55)35-11-6-10-34(50-35)45(2,3)64)49-28-13-15-29(16-14-28)54-25-23-53(24-26-54)22-7-12-36(58)47-20-19-46-32-9-5-8-30-38(32)43(63)56(42(30)62)33-17-18-37(59)51-40(33)60/h4-6,8-11,13-16,27,33,46,64H,1,7,12,17-26H2,2-3H3,(H,47,58)(H,48,49,52)(H,51,59,60). The molecule has 8 rings (SSSR count). The van der Waals surface area contributed by atoms with E-state index in [4.69, 9.17) is 4.98 Å². The highest BCUT2D eigenvalue weighted by Crippen LogP contribution is 2.32. The van der Waals surface area contributed by atoms with Crippen LogP contribution in [0.1, 0.15) is 65.9 Å². The number of allylic oxidation sites excluding steroid dienone is 1. The van der Waals surface area contributed by atoms with Crippen LogP contribution in [-0.2, 0) is 26.5 Å². The first-order chi connectivity index (χ1) is 30.8. The van der Waals surface area contributed by atoms with Crippen molar-refractivity contribution < 1.29 is 29.1 Å². The van der Waals surface area contributed by atoms with Crippen LogP contribution in [0.15, 0.2) is 84.3 Å². The third kappa shape index (κ3) is 8.98. The van der Waals surface area contributed by atoms with E-state index in [0.29, 0.717) is 60.1 Å². The number of amides is 5. The molecule has 3 aromatic heterocycles. The van der Waals surface area contributed by atoms with E-state index in [1.807, 2.05) is 24.3 Å². The molecule has 0 radical (unpaired) electrons. The van der Waals surface area contributed by atoms with E-state index in [9.17, 15) is 33.9 Å². The molecule has 3 aliphatic heterocycles. The predicted molar refractivity (Wildman–Crippen MR) is 239 cm³/mol. The molecule has 1 atom stereocenters. The van der Waals surface area contributed by atoms with Gasteiger partial charge in [-0.15, -0.1) is 6.58 Å². The number of aliphatic hydroxyl groups is 1. The van der Waals surface area contributed by atoms with E-state index in [2.05, 4.69) is 47.6 Å². The Bertz CT molecular complexity index is 2700.